The molecule has 1 aromatic heterocycles. The lowest BCUT2D eigenvalue weighted by molar-refractivity contribution is 0.356. The van der Waals surface area contributed by atoms with Crippen molar-refractivity contribution in [1.82, 2.24) is 14.9 Å². The number of ether oxygens (including phenoxy) is 2. The summed E-state index contributed by atoms with van der Waals surface area (Å²) < 4.78 is 10.8. The molecule has 0 bridgehead atoms. The van der Waals surface area contributed by atoms with Crippen molar-refractivity contribution < 1.29 is 9.47 Å². The summed E-state index contributed by atoms with van der Waals surface area (Å²) in [6.07, 6.45) is 8.05. The van der Waals surface area contributed by atoms with E-state index >= 15 is 0 Å². The number of methoxy groups -OCH3 is 2. The Balaban J connectivity index is 2.04. The van der Waals surface area contributed by atoms with Gasteiger partial charge in [-0.1, -0.05) is 12.2 Å². The third kappa shape index (κ3) is 2.99. The van der Waals surface area contributed by atoms with Crippen LogP contribution in [0.3, 0.4) is 0 Å². The summed E-state index contributed by atoms with van der Waals surface area (Å²) in [5, 5.41) is 4.34. The molecule has 2 aromatic rings. The van der Waals surface area contributed by atoms with Gasteiger partial charge in [0.15, 0.2) is 11.5 Å². The van der Waals surface area contributed by atoms with Crippen LogP contribution in [0.2, 0.25) is 0 Å². The number of anilines is 1. The zero-order valence-electron chi connectivity index (χ0n) is 14.5. The molecule has 1 N–H and O–H groups in total. The van der Waals surface area contributed by atoms with Gasteiger partial charge in [-0.2, -0.15) is 0 Å². The van der Waals surface area contributed by atoms with Crippen LogP contribution in [0.15, 0.2) is 42.0 Å². The molecule has 6 nitrogen and oxygen atoms in total. The standard InChI is InChI=1S/C18H22N4O2/c1-22(2)15-8-6-5-7-13(15)21-18-12-9-16(23-3)17(24-4)10-14(12)19-11-20-18/h7-11H,5-6H2,1-4H3,(H,19,20,21). The second-order valence-electron chi connectivity index (χ2n) is 5.75. The topological polar surface area (TPSA) is 59.5 Å². The predicted molar refractivity (Wildman–Crippen MR) is 95.4 cm³/mol. The van der Waals surface area contributed by atoms with Crippen LogP contribution in [0, 0.1) is 0 Å². The smallest absolute Gasteiger partial charge is 0.162 e. The third-order valence-electron chi connectivity index (χ3n) is 4.00. The van der Waals surface area contributed by atoms with E-state index in [1.165, 1.54) is 0 Å². The number of hydrogen-bond donors (Lipinski definition) is 1. The molecule has 0 saturated heterocycles. The van der Waals surface area contributed by atoms with E-state index in [4.69, 9.17) is 9.47 Å². The van der Waals surface area contributed by atoms with E-state index in [2.05, 4.69) is 32.3 Å². The van der Waals surface area contributed by atoms with Crippen LogP contribution in [0.25, 0.3) is 10.9 Å². The molecule has 126 valence electrons. The predicted octanol–water partition coefficient (Wildman–Crippen LogP) is 3.18. The number of rotatable bonds is 5. The van der Waals surface area contributed by atoms with Gasteiger partial charge in [0.05, 0.1) is 31.1 Å². The fourth-order valence-corrected chi connectivity index (χ4v) is 2.81. The maximum Gasteiger partial charge on any atom is 0.162 e. The van der Waals surface area contributed by atoms with E-state index in [1.54, 1.807) is 20.5 Å². The molecule has 0 fully saturated rings. The maximum absolute atomic E-state index is 5.41. The molecule has 24 heavy (non-hydrogen) atoms. The first-order valence-electron chi connectivity index (χ1n) is 7.85. The zero-order valence-corrected chi connectivity index (χ0v) is 14.5. The molecule has 1 aliphatic rings. The zero-order chi connectivity index (χ0) is 17.1. The number of benzene rings is 1. The van der Waals surface area contributed by atoms with Crippen molar-refractivity contribution in [3.05, 3.63) is 42.0 Å². The van der Waals surface area contributed by atoms with Gasteiger partial charge in [0.1, 0.15) is 12.1 Å². The van der Waals surface area contributed by atoms with Gasteiger partial charge in [-0.25, -0.2) is 9.97 Å². The van der Waals surface area contributed by atoms with Crippen LogP contribution in [0.5, 0.6) is 11.5 Å². The van der Waals surface area contributed by atoms with Crippen molar-refractivity contribution in [3.8, 4) is 11.5 Å². The van der Waals surface area contributed by atoms with E-state index < -0.39 is 0 Å². The number of hydrogen-bond acceptors (Lipinski definition) is 6. The minimum Gasteiger partial charge on any atom is -0.493 e. The molecule has 3 rings (SSSR count). The van der Waals surface area contributed by atoms with Crippen LogP contribution in [0.4, 0.5) is 5.82 Å². The van der Waals surface area contributed by atoms with Crippen LogP contribution in [-0.2, 0) is 0 Å². The first kappa shape index (κ1) is 16.1. The summed E-state index contributed by atoms with van der Waals surface area (Å²) in [4.78, 5) is 10.9. The monoisotopic (exact) mass is 326 g/mol. The van der Waals surface area contributed by atoms with E-state index in [9.17, 15) is 0 Å². The first-order valence-corrected chi connectivity index (χ1v) is 7.85. The number of likely N-dealkylation sites (N-methyl/N-ethyl adjacent to an activating group) is 1. The molecule has 0 saturated carbocycles. The highest BCUT2D eigenvalue weighted by Crippen LogP contribution is 2.34. The minimum absolute atomic E-state index is 0.653. The van der Waals surface area contributed by atoms with Gasteiger partial charge in [0.2, 0.25) is 0 Å². The molecule has 6 heteroatoms. The Morgan fingerprint density at radius 2 is 1.71 bits per heavy atom. The second kappa shape index (κ2) is 6.78. The van der Waals surface area contributed by atoms with Crippen molar-refractivity contribution in [2.24, 2.45) is 0 Å². The molecule has 0 unspecified atom stereocenters. The molecule has 0 amide bonds. The van der Waals surface area contributed by atoms with Crippen molar-refractivity contribution in [3.63, 3.8) is 0 Å². The van der Waals surface area contributed by atoms with Gasteiger partial charge in [-0.15, -0.1) is 0 Å². The average Bonchev–Trinajstić information content (AvgIpc) is 2.61. The molecular formula is C18H22N4O2. The highest BCUT2D eigenvalue weighted by molar-refractivity contribution is 5.92. The van der Waals surface area contributed by atoms with Crippen LogP contribution in [0.1, 0.15) is 12.8 Å². The molecule has 1 aliphatic carbocycles. The second-order valence-corrected chi connectivity index (χ2v) is 5.75. The van der Waals surface area contributed by atoms with Crippen LogP contribution >= 0.6 is 0 Å². The van der Waals surface area contributed by atoms with Gasteiger partial charge in [-0.05, 0) is 18.9 Å². The van der Waals surface area contributed by atoms with Crippen molar-refractivity contribution in [1.29, 1.82) is 0 Å². The normalized spacial score (nSPS) is 14.0. The molecule has 0 radical (unpaired) electrons. The summed E-state index contributed by atoms with van der Waals surface area (Å²) >= 11 is 0. The Morgan fingerprint density at radius 1 is 1.00 bits per heavy atom. The van der Waals surface area contributed by atoms with Crippen LogP contribution in [-0.4, -0.2) is 43.2 Å². The third-order valence-corrected chi connectivity index (χ3v) is 4.00. The maximum atomic E-state index is 5.41. The van der Waals surface area contributed by atoms with E-state index in [0.717, 1.165) is 41.0 Å². The Morgan fingerprint density at radius 3 is 2.42 bits per heavy atom. The fourth-order valence-electron chi connectivity index (χ4n) is 2.81. The quantitative estimate of drug-likeness (QED) is 0.910. The number of fused-ring (bicyclic) bond motifs is 1. The summed E-state index contributed by atoms with van der Waals surface area (Å²) in [6, 6.07) is 3.76. The molecule has 1 heterocycles. The Kier molecular flexibility index (Phi) is 4.55. The van der Waals surface area contributed by atoms with E-state index in [0.29, 0.717) is 11.5 Å². The Bertz CT molecular complexity index is 812. The Hall–Kier alpha value is -2.76. The SMILES string of the molecule is COc1cc2ncnc(NC3=CCCC=C3N(C)C)c2cc1OC. The lowest BCUT2D eigenvalue weighted by Crippen LogP contribution is -2.19. The molecule has 0 aliphatic heterocycles. The van der Waals surface area contributed by atoms with E-state index in [1.807, 2.05) is 26.2 Å². The summed E-state index contributed by atoms with van der Waals surface area (Å²) in [6.45, 7) is 0. The summed E-state index contributed by atoms with van der Waals surface area (Å²) in [5.74, 6) is 2.06. The van der Waals surface area contributed by atoms with Gasteiger partial charge >= 0.3 is 0 Å². The number of nitrogens with one attached hydrogen (secondary N) is 1. The molecule has 1 aromatic carbocycles. The lowest BCUT2D eigenvalue weighted by Gasteiger charge is -2.24. The molecule has 0 spiro atoms. The number of aromatic nitrogens is 2. The van der Waals surface area contributed by atoms with Crippen LogP contribution < -0.4 is 14.8 Å². The fraction of sp³-hybridized carbons (Fsp3) is 0.333. The lowest BCUT2D eigenvalue weighted by atomic mass is 10.1. The van der Waals surface area contributed by atoms with Crippen molar-refractivity contribution in [2.45, 2.75) is 12.8 Å². The van der Waals surface area contributed by atoms with E-state index in [-0.39, 0.29) is 0 Å². The average molecular weight is 326 g/mol. The van der Waals surface area contributed by atoms with Gasteiger partial charge in [0, 0.05) is 25.5 Å². The first-order chi connectivity index (χ1) is 11.6. The van der Waals surface area contributed by atoms with Crippen molar-refractivity contribution >= 4 is 16.7 Å². The molecular weight excluding hydrogens is 304 g/mol. The van der Waals surface area contributed by atoms with Gasteiger partial charge in [-0.3, -0.25) is 0 Å². The highest BCUT2D eigenvalue weighted by atomic mass is 16.5. The largest absolute Gasteiger partial charge is 0.493 e. The van der Waals surface area contributed by atoms with Crippen molar-refractivity contribution in [2.75, 3.05) is 33.6 Å². The van der Waals surface area contributed by atoms with Gasteiger partial charge in [0.25, 0.3) is 0 Å². The highest BCUT2D eigenvalue weighted by Gasteiger charge is 2.15. The minimum atomic E-state index is 0.653. The Labute approximate surface area is 141 Å². The number of nitrogens with zero attached hydrogens (tertiary/aromatic N) is 3. The number of allylic oxidation sites excluding steroid dienone is 2. The van der Waals surface area contributed by atoms with Gasteiger partial charge < -0.3 is 19.7 Å². The summed E-state index contributed by atoms with van der Waals surface area (Å²) in [7, 11) is 7.32. The summed E-state index contributed by atoms with van der Waals surface area (Å²) in [5.41, 5.74) is 3.02. The molecule has 0 atom stereocenters.